The van der Waals surface area contributed by atoms with Crippen LogP contribution in [0, 0.1) is 41.4 Å². The van der Waals surface area contributed by atoms with E-state index in [0.29, 0.717) is 19.3 Å². The molecule has 1 aliphatic heterocycles. The highest BCUT2D eigenvalue weighted by molar-refractivity contribution is 6.00. The summed E-state index contributed by atoms with van der Waals surface area (Å²) in [6.07, 6.45) is 4.08. The third-order valence-electron chi connectivity index (χ3n) is 17.7. The van der Waals surface area contributed by atoms with Crippen molar-refractivity contribution >= 4 is 65.0 Å². The number of pyridine rings is 1. The molecule has 2 rings (SSSR count). The maximum atomic E-state index is 15.4. The lowest BCUT2D eigenvalue weighted by Gasteiger charge is -2.41. The Labute approximate surface area is 543 Å². The predicted octanol–water partition coefficient (Wildman–Crippen LogP) is 4.11. The highest BCUT2D eigenvalue weighted by atomic mass is 16.3. The minimum Gasteiger partial charge on any atom is -0.390 e. The highest BCUT2D eigenvalue weighted by Crippen LogP contribution is 2.26. The number of likely N-dealkylation sites (N-methyl/N-ethyl adjacent to an activating group) is 7. The van der Waals surface area contributed by atoms with Gasteiger partial charge in [0.1, 0.15) is 66.5 Å². The number of aromatic nitrogens is 1. The topological polar surface area (TPSA) is 292 Å². The molecule has 11 amide bonds. The molecule has 1 aromatic heterocycles. The van der Waals surface area contributed by atoms with Crippen LogP contribution in [0.15, 0.2) is 24.5 Å². The van der Waals surface area contributed by atoms with Gasteiger partial charge in [-0.25, -0.2) is 0 Å². The first-order valence-corrected chi connectivity index (χ1v) is 32.8. The Morgan fingerprint density at radius 2 is 0.901 bits per heavy atom. The van der Waals surface area contributed by atoms with E-state index in [-0.39, 0.29) is 55.8 Å². The van der Waals surface area contributed by atoms with Gasteiger partial charge in [-0.15, -0.1) is 0 Å². The molecule has 1 aromatic rings. The predicted molar refractivity (Wildman–Crippen MR) is 351 cm³/mol. The number of amides is 11. The minimum absolute atomic E-state index is 0.00825. The van der Waals surface area contributed by atoms with E-state index >= 15 is 19.2 Å². The molecule has 0 radical (unpaired) electrons. The number of aryl methyl sites for hydroxylation is 1. The van der Waals surface area contributed by atoms with Crippen LogP contribution in [0.1, 0.15) is 168 Å². The second kappa shape index (κ2) is 36.5. The van der Waals surface area contributed by atoms with E-state index in [1.54, 1.807) is 53.9 Å². The molecule has 2 heterocycles. The highest BCUT2D eigenvalue weighted by Gasteiger charge is 2.46. The van der Waals surface area contributed by atoms with Crippen molar-refractivity contribution in [2.75, 3.05) is 49.3 Å². The number of hydrogen-bond donors (Lipinski definition) is 5. The first-order chi connectivity index (χ1) is 42.2. The van der Waals surface area contributed by atoms with E-state index in [2.05, 4.69) is 26.3 Å². The standard InChI is InChI=1S/C67H116N12O12/c1-25-48-63(87)73(18)46(17)62(86)74(19)50(33-38(4)5)59(83)72-53(41(10)11)66(90)75(20)49(32-37(2)3)58(82)69-44(15)57(81)70-45(16)61(85)76(21)51(34-39(6)7)64(88)77(22)52(35-40(8)9)65(89)78(23)54(42(12)13)67(91)79(24)55(60(84)71-48)56(80)43(14)28-26-29-47-30-27-31-68-36-47/h27,30-31,36-46,48-56,80H,25-26,28-29,32-35H2,1-24H3,(H,69,82)(H,70,81)(H,71,84)(H,72,83)/t43-,44+,45-,46-,48+,49+,50+,51+,52+,53+,54+,55-,56-/m1/s1. The average molecular weight is 1280 g/mol. The van der Waals surface area contributed by atoms with Crippen molar-refractivity contribution in [3.8, 4) is 0 Å². The van der Waals surface area contributed by atoms with E-state index < -0.39 is 155 Å². The third kappa shape index (κ3) is 22.2. The Morgan fingerprint density at radius 3 is 1.36 bits per heavy atom. The normalized spacial score (nSPS) is 26.6. The van der Waals surface area contributed by atoms with Crippen molar-refractivity contribution in [3.63, 3.8) is 0 Å². The second-order valence-corrected chi connectivity index (χ2v) is 27.9. The van der Waals surface area contributed by atoms with Crippen molar-refractivity contribution < 1.29 is 57.8 Å². The number of rotatable bonds is 17. The van der Waals surface area contributed by atoms with Gasteiger partial charge in [-0.3, -0.25) is 57.7 Å². The van der Waals surface area contributed by atoms with Crippen LogP contribution in [0.5, 0.6) is 0 Å². The Bertz CT molecular complexity index is 2620. The molecule has 516 valence electrons. The Morgan fingerprint density at radius 1 is 0.462 bits per heavy atom. The second-order valence-electron chi connectivity index (χ2n) is 27.9. The van der Waals surface area contributed by atoms with Crippen LogP contribution in [-0.2, 0) is 59.2 Å². The van der Waals surface area contributed by atoms with E-state index in [9.17, 15) is 38.7 Å². The fraction of sp³-hybridized carbons (Fsp3) is 0.761. The van der Waals surface area contributed by atoms with E-state index in [0.717, 1.165) is 15.4 Å². The lowest BCUT2D eigenvalue weighted by atomic mass is 9.89. The van der Waals surface area contributed by atoms with E-state index in [4.69, 9.17) is 0 Å². The van der Waals surface area contributed by atoms with Crippen LogP contribution in [-0.4, -0.2) is 231 Å². The van der Waals surface area contributed by atoms with Gasteiger partial charge < -0.3 is 60.7 Å². The summed E-state index contributed by atoms with van der Waals surface area (Å²) >= 11 is 0. The van der Waals surface area contributed by atoms with Crippen molar-refractivity contribution in [2.24, 2.45) is 41.4 Å². The molecule has 1 aliphatic rings. The number of aliphatic hydroxyl groups excluding tert-OH is 1. The first kappa shape index (κ1) is 80.4. The maximum absolute atomic E-state index is 15.4. The van der Waals surface area contributed by atoms with Crippen molar-refractivity contribution in [2.45, 2.75) is 242 Å². The quantitative estimate of drug-likeness (QED) is 0.147. The van der Waals surface area contributed by atoms with Gasteiger partial charge in [0, 0.05) is 61.7 Å². The average Bonchev–Trinajstić information content (AvgIpc) is 0.883. The fourth-order valence-corrected chi connectivity index (χ4v) is 11.8. The van der Waals surface area contributed by atoms with Gasteiger partial charge in [-0.1, -0.05) is 103 Å². The maximum Gasteiger partial charge on any atom is 0.246 e. The number of aliphatic hydroxyl groups is 1. The number of carbonyl (C=O) groups is 11. The summed E-state index contributed by atoms with van der Waals surface area (Å²) in [5.74, 6) is -9.80. The van der Waals surface area contributed by atoms with Crippen LogP contribution < -0.4 is 21.3 Å². The lowest BCUT2D eigenvalue weighted by molar-refractivity contribution is -0.157. The Hall–Kier alpha value is -6.72. The third-order valence-corrected chi connectivity index (χ3v) is 17.7. The lowest BCUT2D eigenvalue weighted by Crippen LogP contribution is -2.64. The Balaban J connectivity index is 3.00. The molecule has 0 aromatic carbocycles. The summed E-state index contributed by atoms with van der Waals surface area (Å²) in [6, 6.07) is -9.95. The zero-order valence-electron chi connectivity index (χ0n) is 59.5. The molecular formula is C67H116N12O12. The molecule has 0 spiro atoms. The van der Waals surface area contributed by atoms with Gasteiger partial charge in [0.25, 0.3) is 0 Å². The summed E-state index contributed by atoms with van der Waals surface area (Å²) < 4.78 is 0. The molecule has 0 bridgehead atoms. The van der Waals surface area contributed by atoms with E-state index in [1.165, 1.54) is 94.6 Å². The number of nitrogens with one attached hydrogen (secondary N) is 4. The summed E-state index contributed by atoms with van der Waals surface area (Å²) in [4.78, 5) is 175. The molecular weight excluding hydrogens is 1160 g/mol. The summed E-state index contributed by atoms with van der Waals surface area (Å²) in [6.45, 7) is 29.7. The molecule has 5 N–H and O–H groups in total. The fourth-order valence-electron chi connectivity index (χ4n) is 11.8. The SMILES string of the molecule is CC[C@@H]1NC(=O)[C@@H]([C@H](O)[C@H](C)CCCc2cccnc2)N(C)C(=O)[C@H](C(C)C)N(C)C(=O)[C@H](CC(C)C)N(C)C(=O)[C@H](CC(C)C)N(C)C(=O)[C@@H](C)NC(=O)[C@H](C)NC(=O)[C@H](CC(C)C)N(C)C(=O)[C@H](C(C)C)NC(=O)[C@H](CC(C)C)N(C)C(=O)[C@@H](C)N(C)C1=O. The molecule has 0 aliphatic carbocycles. The zero-order chi connectivity index (χ0) is 70.0. The number of hydrogen-bond acceptors (Lipinski definition) is 13. The van der Waals surface area contributed by atoms with Gasteiger partial charge >= 0.3 is 0 Å². The van der Waals surface area contributed by atoms with Gasteiger partial charge in [0.2, 0.25) is 65.0 Å². The number of nitrogens with zero attached hydrogens (tertiary/aromatic N) is 8. The van der Waals surface area contributed by atoms with Gasteiger partial charge in [-0.2, -0.15) is 0 Å². The molecule has 24 nitrogen and oxygen atoms in total. The molecule has 24 heteroatoms. The molecule has 1 saturated heterocycles. The molecule has 91 heavy (non-hydrogen) atoms. The van der Waals surface area contributed by atoms with Gasteiger partial charge in [-0.05, 0) is 125 Å². The van der Waals surface area contributed by atoms with Crippen LogP contribution in [0.3, 0.4) is 0 Å². The van der Waals surface area contributed by atoms with Crippen LogP contribution in [0.2, 0.25) is 0 Å². The monoisotopic (exact) mass is 1280 g/mol. The van der Waals surface area contributed by atoms with E-state index in [1.807, 2.05) is 67.5 Å². The minimum atomic E-state index is -1.63. The summed E-state index contributed by atoms with van der Waals surface area (Å²) in [5.41, 5.74) is 0.964. The van der Waals surface area contributed by atoms with Gasteiger partial charge in [0.15, 0.2) is 0 Å². The molecule has 0 saturated carbocycles. The summed E-state index contributed by atoms with van der Waals surface area (Å²) in [7, 11) is 9.99. The van der Waals surface area contributed by atoms with Crippen LogP contribution in [0.25, 0.3) is 0 Å². The van der Waals surface area contributed by atoms with Crippen LogP contribution in [0.4, 0.5) is 0 Å². The molecule has 1 fully saturated rings. The first-order valence-electron chi connectivity index (χ1n) is 32.8. The van der Waals surface area contributed by atoms with Gasteiger partial charge in [0.05, 0.1) is 6.10 Å². The zero-order valence-corrected chi connectivity index (χ0v) is 59.5. The smallest absolute Gasteiger partial charge is 0.246 e. The largest absolute Gasteiger partial charge is 0.390 e. The van der Waals surface area contributed by atoms with Crippen molar-refractivity contribution in [1.29, 1.82) is 0 Å². The molecule has 13 atom stereocenters. The van der Waals surface area contributed by atoms with Crippen molar-refractivity contribution in [1.82, 2.24) is 60.6 Å². The summed E-state index contributed by atoms with van der Waals surface area (Å²) in [5, 5.41) is 23.5. The Kier molecular flexibility index (Phi) is 32.2. The van der Waals surface area contributed by atoms with Crippen molar-refractivity contribution in [3.05, 3.63) is 30.1 Å². The number of carbonyl (C=O) groups excluding carboxylic acids is 11. The molecule has 0 unspecified atom stereocenters. The van der Waals surface area contributed by atoms with Crippen LogP contribution >= 0.6 is 0 Å².